The van der Waals surface area contributed by atoms with E-state index in [1.807, 2.05) is 30.9 Å². The SMILES string of the molecule is Cc1cc(OCC(=O)N2[C@H](C)CCC[C@H]2C)cc(C)c1Br. The molecule has 1 heterocycles. The van der Waals surface area contributed by atoms with Crippen molar-refractivity contribution >= 4 is 21.8 Å². The van der Waals surface area contributed by atoms with Gasteiger partial charge in [0, 0.05) is 16.6 Å². The van der Waals surface area contributed by atoms with E-state index < -0.39 is 0 Å². The van der Waals surface area contributed by atoms with E-state index >= 15 is 0 Å². The summed E-state index contributed by atoms with van der Waals surface area (Å²) in [6.45, 7) is 8.43. The van der Waals surface area contributed by atoms with Gasteiger partial charge in [-0.1, -0.05) is 15.9 Å². The summed E-state index contributed by atoms with van der Waals surface area (Å²) in [6, 6.07) is 4.57. The van der Waals surface area contributed by atoms with Gasteiger partial charge in [-0.15, -0.1) is 0 Å². The number of hydrogen-bond donors (Lipinski definition) is 0. The smallest absolute Gasteiger partial charge is 0.260 e. The third kappa shape index (κ3) is 3.79. The molecule has 1 aromatic rings. The fourth-order valence-electron chi connectivity index (χ4n) is 3.12. The van der Waals surface area contributed by atoms with Crippen molar-refractivity contribution in [2.75, 3.05) is 6.61 Å². The molecule has 1 amide bonds. The number of benzene rings is 1. The lowest BCUT2D eigenvalue weighted by Gasteiger charge is -2.39. The lowest BCUT2D eigenvalue weighted by molar-refractivity contribution is -0.139. The molecule has 0 N–H and O–H groups in total. The maximum Gasteiger partial charge on any atom is 0.260 e. The summed E-state index contributed by atoms with van der Waals surface area (Å²) >= 11 is 3.54. The molecule has 1 aliphatic rings. The second kappa shape index (κ2) is 6.82. The Kier molecular flexibility index (Phi) is 5.31. The highest BCUT2D eigenvalue weighted by Gasteiger charge is 2.28. The van der Waals surface area contributed by atoms with Gasteiger partial charge >= 0.3 is 0 Å². The van der Waals surface area contributed by atoms with Crippen LogP contribution in [-0.4, -0.2) is 29.5 Å². The third-order valence-electron chi connectivity index (χ3n) is 4.25. The van der Waals surface area contributed by atoms with Crippen LogP contribution in [0.2, 0.25) is 0 Å². The summed E-state index contributed by atoms with van der Waals surface area (Å²) in [5.41, 5.74) is 2.24. The highest BCUT2D eigenvalue weighted by molar-refractivity contribution is 9.10. The van der Waals surface area contributed by atoms with Crippen LogP contribution < -0.4 is 4.74 Å². The Morgan fingerprint density at radius 1 is 1.24 bits per heavy atom. The molecule has 0 aliphatic carbocycles. The summed E-state index contributed by atoms with van der Waals surface area (Å²) < 4.78 is 6.82. The standard InChI is InChI=1S/C17H24BrNO2/c1-11-8-15(9-12(2)17(11)18)21-10-16(20)19-13(3)6-5-7-14(19)4/h8-9,13-14H,5-7,10H2,1-4H3/t13-,14-/m1/s1. The number of piperidine rings is 1. The van der Waals surface area contributed by atoms with E-state index in [1.54, 1.807) is 0 Å². The molecule has 0 unspecified atom stereocenters. The van der Waals surface area contributed by atoms with Crippen molar-refractivity contribution in [3.8, 4) is 5.75 Å². The minimum absolute atomic E-state index is 0.0907. The molecular weight excluding hydrogens is 330 g/mol. The van der Waals surface area contributed by atoms with E-state index in [0.29, 0.717) is 12.1 Å². The van der Waals surface area contributed by atoms with Gasteiger partial charge in [0.25, 0.3) is 5.91 Å². The second-order valence-corrected chi connectivity index (χ2v) is 6.88. The zero-order valence-corrected chi connectivity index (χ0v) is 14.9. The Hall–Kier alpha value is -1.03. The number of likely N-dealkylation sites (tertiary alicyclic amines) is 1. The van der Waals surface area contributed by atoms with Crippen LogP contribution in [0.3, 0.4) is 0 Å². The highest BCUT2D eigenvalue weighted by Crippen LogP contribution is 2.27. The number of halogens is 1. The summed E-state index contributed by atoms with van der Waals surface area (Å²) in [4.78, 5) is 14.4. The molecule has 4 heteroatoms. The van der Waals surface area contributed by atoms with E-state index in [9.17, 15) is 4.79 Å². The van der Waals surface area contributed by atoms with Crippen molar-refractivity contribution in [1.29, 1.82) is 0 Å². The molecule has 2 rings (SSSR count). The molecule has 1 fully saturated rings. The van der Waals surface area contributed by atoms with Crippen molar-refractivity contribution in [1.82, 2.24) is 4.90 Å². The summed E-state index contributed by atoms with van der Waals surface area (Å²) in [5.74, 6) is 0.854. The Morgan fingerprint density at radius 3 is 2.29 bits per heavy atom. The number of hydrogen-bond acceptors (Lipinski definition) is 2. The molecule has 1 saturated heterocycles. The monoisotopic (exact) mass is 353 g/mol. The number of amides is 1. The summed E-state index contributed by atoms with van der Waals surface area (Å²) in [7, 11) is 0. The Bertz CT molecular complexity index is 497. The third-order valence-corrected chi connectivity index (χ3v) is 5.50. The van der Waals surface area contributed by atoms with Crippen LogP contribution >= 0.6 is 15.9 Å². The van der Waals surface area contributed by atoms with Gasteiger partial charge < -0.3 is 9.64 Å². The zero-order chi connectivity index (χ0) is 15.6. The first-order chi connectivity index (χ1) is 9.90. The number of aryl methyl sites for hydroxylation is 2. The number of nitrogens with zero attached hydrogens (tertiary/aromatic N) is 1. The van der Waals surface area contributed by atoms with E-state index in [0.717, 1.165) is 34.2 Å². The van der Waals surface area contributed by atoms with E-state index in [-0.39, 0.29) is 12.5 Å². The van der Waals surface area contributed by atoms with Gasteiger partial charge in [0.15, 0.2) is 6.61 Å². The van der Waals surface area contributed by atoms with Gasteiger partial charge in [-0.05, 0) is 70.2 Å². The largest absolute Gasteiger partial charge is 0.484 e. The number of ether oxygens (including phenoxy) is 1. The first kappa shape index (κ1) is 16.3. The fourth-order valence-corrected chi connectivity index (χ4v) is 3.35. The van der Waals surface area contributed by atoms with Gasteiger partial charge in [0.05, 0.1) is 0 Å². The first-order valence-electron chi connectivity index (χ1n) is 7.61. The molecule has 0 saturated carbocycles. The lowest BCUT2D eigenvalue weighted by atomic mass is 9.97. The number of carbonyl (C=O) groups is 1. The van der Waals surface area contributed by atoms with Crippen LogP contribution in [-0.2, 0) is 4.79 Å². The lowest BCUT2D eigenvalue weighted by Crippen LogP contribution is -2.49. The maximum atomic E-state index is 12.4. The number of carbonyl (C=O) groups excluding carboxylic acids is 1. The first-order valence-corrected chi connectivity index (χ1v) is 8.40. The normalized spacial score (nSPS) is 22.2. The maximum absolute atomic E-state index is 12.4. The van der Waals surface area contributed by atoms with Gasteiger partial charge in [-0.25, -0.2) is 0 Å². The predicted molar refractivity (Wildman–Crippen MR) is 88.7 cm³/mol. The molecular formula is C17H24BrNO2. The van der Waals surface area contributed by atoms with Crippen molar-refractivity contribution < 1.29 is 9.53 Å². The van der Waals surface area contributed by atoms with Crippen molar-refractivity contribution in [3.05, 3.63) is 27.7 Å². The van der Waals surface area contributed by atoms with Crippen molar-refractivity contribution in [2.45, 2.75) is 59.0 Å². The molecule has 0 bridgehead atoms. The Labute approximate surface area is 135 Å². The Balaban J connectivity index is 2.01. The van der Waals surface area contributed by atoms with Crippen LogP contribution in [0.1, 0.15) is 44.2 Å². The summed E-state index contributed by atoms with van der Waals surface area (Å²) in [6.07, 6.45) is 3.39. The molecule has 0 aromatic heterocycles. The molecule has 21 heavy (non-hydrogen) atoms. The Morgan fingerprint density at radius 2 is 1.76 bits per heavy atom. The molecule has 1 aliphatic heterocycles. The summed E-state index contributed by atoms with van der Waals surface area (Å²) in [5, 5.41) is 0. The van der Waals surface area contributed by atoms with Crippen molar-refractivity contribution in [2.24, 2.45) is 0 Å². The molecule has 3 nitrogen and oxygen atoms in total. The van der Waals surface area contributed by atoms with Crippen LogP contribution in [0.25, 0.3) is 0 Å². The molecule has 1 aromatic carbocycles. The highest BCUT2D eigenvalue weighted by atomic mass is 79.9. The van der Waals surface area contributed by atoms with Gasteiger partial charge in [0.2, 0.25) is 0 Å². The van der Waals surface area contributed by atoms with E-state index in [4.69, 9.17) is 4.74 Å². The van der Waals surface area contributed by atoms with Crippen LogP contribution in [0.4, 0.5) is 0 Å². The van der Waals surface area contributed by atoms with Crippen LogP contribution in [0.15, 0.2) is 16.6 Å². The van der Waals surface area contributed by atoms with E-state index in [2.05, 4.69) is 29.8 Å². The number of rotatable bonds is 3. The van der Waals surface area contributed by atoms with Crippen LogP contribution in [0.5, 0.6) is 5.75 Å². The molecule has 2 atom stereocenters. The topological polar surface area (TPSA) is 29.5 Å². The predicted octanol–water partition coefficient (Wildman–Crippen LogP) is 4.23. The molecule has 0 spiro atoms. The molecule has 0 radical (unpaired) electrons. The van der Waals surface area contributed by atoms with Crippen LogP contribution in [0, 0.1) is 13.8 Å². The minimum atomic E-state index is 0.0907. The van der Waals surface area contributed by atoms with Gasteiger partial charge in [-0.2, -0.15) is 0 Å². The molecule has 116 valence electrons. The van der Waals surface area contributed by atoms with Gasteiger partial charge in [-0.3, -0.25) is 4.79 Å². The van der Waals surface area contributed by atoms with Crippen molar-refractivity contribution in [3.63, 3.8) is 0 Å². The quantitative estimate of drug-likeness (QED) is 0.813. The average molecular weight is 354 g/mol. The zero-order valence-electron chi connectivity index (χ0n) is 13.3. The average Bonchev–Trinajstić information content (AvgIpc) is 2.42. The second-order valence-electron chi connectivity index (χ2n) is 6.09. The van der Waals surface area contributed by atoms with E-state index in [1.165, 1.54) is 6.42 Å². The minimum Gasteiger partial charge on any atom is -0.484 e. The van der Waals surface area contributed by atoms with Gasteiger partial charge in [0.1, 0.15) is 5.75 Å². The fraction of sp³-hybridized carbons (Fsp3) is 0.588.